The molecule has 0 saturated heterocycles. The number of ether oxygens (including phenoxy) is 2. The zero-order valence-electron chi connectivity index (χ0n) is 16.9. The molecule has 0 unspecified atom stereocenters. The molecule has 0 fully saturated rings. The largest absolute Gasteiger partial charge is 0.489 e. The van der Waals surface area contributed by atoms with Crippen LogP contribution in [0.4, 0.5) is 0 Å². The summed E-state index contributed by atoms with van der Waals surface area (Å²) in [5.74, 6) is -0.310. The predicted molar refractivity (Wildman–Crippen MR) is 112 cm³/mol. The number of nitriles is 1. The number of hydrogen-bond acceptors (Lipinski definition) is 5. The van der Waals surface area contributed by atoms with Crippen molar-refractivity contribution in [2.45, 2.75) is 13.5 Å². The maximum absolute atomic E-state index is 12.9. The first-order valence-corrected chi connectivity index (χ1v) is 9.50. The Kier molecular flexibility index (Phi) is 6.79. The summed E-state index contributed by atoms with van der Waals surface area (Å²) in [6.45, 7) is 2.38. The van der Waals surface area contributed by atoms with Crippen molar-refractivity contribution in [3.05, 3.63) is 82.4 Å². The summed E-state index contributed by atoms with van der Waals surface area (Å²) in [7, 11) is 1.49. The lowest BCUT2D eigenvalue weighted by Crippen LogP contribution is -2.44. The summed E-state index contributed by atoms with van der Waals surface area (Å²) >= 11 is 0. The predicted octanol–water partition coefficient (Wildman–Crippen LogP) is 3.50. The highest BCUT2D eigenvalue weighted by Gasteiger charge is 2.35. The second-order valence-corrected chi connectivity index (χ2v) is 6.77. The fourth-order valence-electron chi connectivity index (χ4n) is 3.08. The quantitative estimate of drug-likeness (QED) is 0.523. The van der Waals surface area contributed by atoms with E-state index in [1.807, 2.05) is 60.7 Å². The lowest BCUT2D eigenvalue weighted by molar-refractivity contribution is -0.141. The highest BCUT2D eigenvalue weighted by molar-refractivity contribution is 6.19. The van der Waals surface area contributed by atoms with Gasteiger partial charge in [0, 0.05) is 12.7 Å². The average molecular weight is 402 g/mol. The monoisotopic (exact) mass is 402 g/mol. The topological polar surface area (TPSA) is 79.6 Å². The highest BCUT2D eigenvalue weighted by Crippen LogP contribution is 2.27. The Hall–Kier alpha value is -3.69. The van der Waals surface area contributed by atoms with Gasteiger partial charge in [0.25, 0.3) is 11.8 Å². The maximum atomic E-state index is 12.9. The number of benzene rings is 2. The van der Waals surface area contributed by atoms with Gasteiger partial charge in [0.05, 0.1) is 13.2 Å². The fraction of sp³-hybridized carbons (Fsp3) is 0.208. The first-order chi connectivity index (χ1) is 14.5. The van der Waals surface area contributed by atoms with Crippen LogP contribution in [0, 0.1) is 11.3 Å². The van der Waals surface area contributed by atoms with E-state index >= 15 is 0 Å². The van der Waals surface area contributed by atoms with Gasteiger partial charge >= 0.3 is 0 Å². The molecule has 0 spiro atoms. The second-order valence-electron chi connectivity index (χ2n) is 6.77. The van der Waals surface area contributed by atoms with E-state index in [1.54, 1.807) is 13.0 Å². The maximum Gasteiger partial charge on any atom is 0.271 e. The molecule has 0 radical (unpaired) electrons. The van der Waals surface area contributed by atoms with Gasteiger partial charge in [-0.3, -0.25) is 14.5 Å². The van der Waals surface area contributed by atoms with Crippen LogP contribution in [0.3, 0.4) is 0 Å². The molecule has 30 heavy (non-hydrogen) atoms. The Morgan fingerprint density at radius 1 is 1.03 bits per heavy atom. The molecule has 3 rings (SSSR count). The molecular weight excluding hydrogens is 380 g/mol. The van der Waals surface area contributed by atoms with E-state index in [4.69, 9.17) is 9.47 Å². The SMILES string of the molecule is COCCN1C(=O)C(C#N)=C(C)/C(=C\c2ccc(OCc3ccccc3)cc2)C1=O. The van der Waals surface area contributed by atoms with Crippen molar-refractivity contribution in [3.63, 3.8) is 0 Å². The molecule has 0 N–H and O–H groups in total. The van der Waals surface area contributed by atoms with Gasteiger partial charge in [-0.25, -0.2) is 0 Å². The molecule has 0 aliphatic carbocycles. The van der Waals surface area contributed by atoms with Crippen molar-refractivity contribution in [1.82, 2.24) is 4.90 Å². The molecule has 2 aromatic carbocycles. The molecule has 0 saturated carbocycles. The number of rotatable bonds is 7. The standard InChI is InChI=1S/C24H22N2O4/c1-17-21(23(27)26(12-13-29-2)24(28)22(17)15-25)14-18-8-10-20(11-9-18)30-16-19-6-4-3-5-7-19/h3-11,14H,12-13,16H2,1-2H3/b21-14+. The molecule has 0 aromatic heterocycles. The zero-order valence-corrected chi connectivity index (χ0v) is 16.9. The van der Waals surface area contributed by atoms with Crippen LogP contribution in [0.5, 0.6) is 5.75 Å². The van der Waals surface area contributed by atoms with E-state index in [-0.39, 0.29) is 18.7 Å². The van der Waals surface area contributed by atoms with Crippen molar-refractivity contribution in [2.75, 3.05) is 20.3 Å². The molecule has 6 heteroatoms. The molecule has 0 bridgehead atoms. The van der Waals surface area contributed by atoms with Crippen LogP contribution >= 0.6 is 0 Å². The Labute approximate surface area is 175 Å². The molecule has 2 amide bonds. The van der Waals surface area contributed by atoms with Gasteiger partial charge in [-0.2, -0.15) is 5.26 Å². The van der Waals surface area contributed by atoms with Crippen LogP contribution in [-0.2, 0) is 20.9 Å². The summed E-state index contributed by atoms with van der Waals surface area (Å²) in [5, 5.41) is 9.39. The zero-order chi connectivity index (χ0) is 21.5. The fourth-order valence-corrected chi connectivity index (χ4v) is 3.08. The third kappa shape index (κ3) is 4.65. The van der Waals surface area contributed by atoms with Gasteiger partial charge in [-0.05, 0) is 41.8 Å². The van der Waals surface area contributed by atoms with Gasteiger partial charge in [0.15, 0.2) is 0 Å². The Morgan fingerprint density at radius 3 is 2.37 bits per heavy atom. The summed E-state index contributed by atoms with van der Waals surface area (Å²) in [5.41, 5.74) is 2.51. The Morgan fingerprint density at radius 2 is 1.73 bits per heavy atom. The third-order valence-corrected chi connectivity index (χ3v) is 4.78. The number of carbonyl (C=O) groups excluding carboxylic acids is 2. The molecule has 152 valence electrons. The lowest BCUT2D eigenvalue weighted by Gasteiger charge is -2.27. The number of methoxy groups -OCH3 is 1. The van der Waals surface area contributed by atoms with Gasteiger partial charge < -0.3 is 9.47 Å². The normalized spacial score (nSPS) is 15.5. The van der Waals surface area contributed by atoms with E-state index in [2.05, 4.69) is 0 Å². The van der Waals surface area contributed by atoms with Gasteiger partial charge in [0.2, 0.25) is 0 Å². The van der Waals surface area contributed by atoms with Crippen LogP contribution in [0.1, 0.15) is 18.1 Å². The highest BCUT2D eigenvalue weighted by atomic mass is 16.5. The summed E-state index contributed by atoms with van der Waals surface area (Å²) in [6, 6.07) is 19.1. The van der Waals surface area contributed by atoms with Crippen LogP contribution in [-0.4, -0.2) is 37.0 Å². The minimum atomic E-state index is -0.584. The number of hydrogen-bond donors (Lipinski definition) is 0. The van der Waals surface area contributed by atoms with Crippen LogP contribution < -0.4 is 4.74 Å². The van der Waals surface area contributed by atoms with Crippen molar-refractivity contribution in [2.24, 2.45) is 0 Å². The first kappa shape index (κ1) is 21.0. The van der Waals surface area contributed by atoms with E-state index < -0.39 is 11.8 Å². The van der Waals surface area contributed by atoms with E-state index in [1.165, 1.54) is 7.11 Å². The first-order valence-electron chi connectivity index (χ1n) is 9.50. The molecule has 0 atom stereocenters. The van der Waals surface area contributed by atoms with E-state index in [0.717, 1.165) is 16.0 Å². The Balaban J connectivity index is 1.81. The van der Waals surface area contributed by atoms with Gasteiger partial charge in [0.1, 0.15) is 24.0 Å². The minimum Gasteiger partial charge on any atom is -0.489 e. The molecular formula is C24H22N2O4. The van der Waals surface area contributed by atoms with Crippen molar-refractivity contribution in [3.8, 4) is 11.8 Å². The van der Waals surface area contributed by atoms with E-state index in [0.29, 0.717) is 23.5 Å². The number of carbonyl (C=O) groups is 2. The molecule has 1 aliphatic rings. The van der Waals surface area contributed by atoms with E-state index in [9.17, 15) is 14.9 Å². The van der Waals surface area contributed by atoms with Crippen molar-refractivity contribution >= 4 is 17.9 Å². The molecule has 2 aromatic rings. The van der Waals surface area contributed by atoms with Crippen molar-refractivity contribution in [1.29, 1.82) is 5.26 Å². The number of amides is 2. The van der Waals surface area contributed by atoms with Crippen molar-refractivity contribution < 1.29 is 19.1 Å². The van der Waals surface area contributed by atoms with Crippen LogP contribution in [0.15, 0.2) is 71.3 Å². The van der Waals surface area contributed by atoms with Gasteiger partial charge in [-0.1, -0.05) is 42.5 Å². The molecule has 1 aliphatic heterocycles. The van der Waals surface area contributed by atoms with Gasteiger partial charge in [-0.15, -0.1) is 0 Å². The third-order valence-electron chi connectivity index (χ3n) is 4.78. The number of nitrogens with zero attached hydrogens (tertiary/aromatic N) is 2. The van der Waals surface area contributed by atoms with Crippen LogP contribution in [0.2, 0.25) is 0 Å². The van der Waals surface area contributed by atoms with Crippen LogP contribution in [0.25, 0.3) is 6.08 Å². The smallest absolute Gasteiger partial charge is 0.271 e. The minimum absolute atomic E-state index is 0.0280. The summed E-state index contributed by atoms with van der Waals surface area (Å²) in [6.07, 6.45) is 1.68. The number of imide groups is 1. The second kappa shape index (κ2) is 9.68. The average Bonchev–Trinajstić information content (AvgIpc) is 2.77. The summed E-state index contributed by atoms with van der Waals surface area (Å²) in [4.78, 5) is 26.4. The lowest BCUT2D eigenvalue weighted by atomic mass is 9.93. The summed E-state index contributed by atoms with van der Waals surface area (Å²) < 4.78 is 10.8. The molecule has 1 heterocycles. The molecule has 6 nitrogen and oxygen atoms in total. The Bertz CT molecular complexity index is 1030.